The van der Waals surface area contributed by atoms with Gasteiger partial charge < -0.3 is 5.73 Å². The minimum atomic E-state index is -0.734. The second-order valence-electron chi connectivity index (χ2n) is 5.88. The molecule has 1 amide bonds. The van der Waals surface area contributed by atoms with E-state index in [0.29, 0.717) is 17.2 Å². The van der Waals surface area contributed by atoms with Crippen molar-refractivity contribution in [2.75, 3.05) is 5.32 Å². The van der Waals surface area contributed by atoms with E-state index in [1.165, 1.54) is 0 Å². The third-order valence-electron chi connectivity index (χ3n) is 3.95. The molecule has 3 heterocycles. The zero-order valence-electron chi connectivity index (χ0n) is 14.0. The molecule has 4 aromatic rings. The number of nitrogens with two attached hydrogens (primary N) is 1. The van der Waals surface area contributed by atoms with Crippen LogP contribution in [0, 0.1) is 0 Å². The molecule has 0 saturated carbocycles. The summed E-state index contributed by atoms with van der Waals surface area (Å²) in [7, 11) is 0. The molecule has 0 aliphatic rings. The highest BCUT2D eigenvalue weighted by molar-refractivity contribution is 7.13. The van der Waals surface area contributed by atoms with Crippen LogP contribution in [0.15, 0.2) is 54.0 Å². The number of carbonyl (C=O) groups excluding carboxylic acids is 1. The Morgan fingerprint density at radius 3 is 2.81 bits per heavy atom. The molecule has 136 valence electrons. The molecule has 0 bridgehead atoms. The first-order valence-electron chi connectivity index (χ1n) is 8.17. The minimum Gasteiger partial charge on any atom is -0.320 e. The summed E-state index contributed by atoms with van der Waals surface area (Å²) in [6.45, 7) is 0. The highest BCUT2D eigenvalue weighted by atomic mass is 35.5. The molecular weight excluding hydrogens is 384 g/mol. The van der Waals surface area contributed by atoms with Gasteiger partial charge in [0.05, 0.1) is 16.6 Å². The normalized spacial score (nSPS) is 12.2. The number of hydrogen-bond donors (Lipinski definition) is 2. The fraction of sp³-hybridized carbons (Fsp3) is 0.111. The van der Waals surface area contributed by atoms with E-state index in [1.807, 2.05) is 35.7 Å². The maximum atomic E-state index is 12.4. The molecule has 0 fully saturated rings. The van der Waals surface area contributed by atoms with Gasteiger partial charge in [-0.25, -0.2) is 4.98 Å². The molecule has 0 saturated heterocycles. The fourth-order valence-electron chi connectivity index (χ4n) is 2.63. The third-order valence-corrected chi connectivity index (χ3v) is 5.10. The number of carbonyl (C=O) groups is 1. The smallest absolute Gasteiger partial charge is 0.254 e. The molecule has 0 radical (unpaired) electrons. The molecule has 3 aromatic heterocycles. The lowest BCUT2D eigenvalue weighted by molar-refractivity contribution is -0.117. The number of halogens is 1. The molecule has 7 nitrogen and oxygen atoms in total. The summed E-state index contributed by atoms with van der Waals surface area (Å²) in [5.41, 5.74) is 7.79. The molecule has 4 rings (SSSR count). The van der Waals surface area contributed by atoms with Crippen LogP contribution in [0.1, 0.15) is 5.56 Å². The number of nitrogens with one attached hydrogen (secondary N) is 1. The molecular formula is C18H15ClN6OS. The molecule has 0 aliphatic carbocycles. The van der Waals surface area contributed by atoms with Crippen LogP contribution in [0.25, 0.3) is 16.3 Å². The zero-order chi connectivity index (χ0) is 18.8. The number of benzene rings is 1. The molecule has 1 aromatic carbocycles. The predicted octanol–water partition coefficient (Wildman–Crippen LogP) is 3.01. The lowest BCUT2D eigenvalue weighted by Gasteiger charge is -2.10. The van der Waals surface area contributed by atoms with Crippen molar-refractivity contribution in [1.29, 1.82) is 0 Å². The van der Waals surface area contributed by atoms with E-state index in [4.69, 9.17) is 17.3 Å². The van der Waals surface area contributed by atoms with Crippen molar-refractivity contribution in [3.05, 3.63) is 64.6 Å². The minimum absolute atomic E-state index is 0.170. The number of nitrogens with zero attached hydrogens (tertiary/aromatic N) is 4. The fourth-order valence-corrected chi connectivity index (χ4v) is 3.49. The first-order valence-corrected chi connectivity index (χ1v) is 9.42. The van der Waals surface area contributed by atoms with Crippen LogP contribution in [0.3, 0.4) is 0 Å². The van der Waals surface area contributed by atoms with E-state index in [-0.39, 0.29) is 11.9 Å². The van der Waals surface area contributed by atoms with E-state index in [9.17, 15) is 4.79 Å². The summed E-state index contributed by atoms with van der Waals surface area (Å²) in [5, 5.41) is 9.64. The Hall–Kier alpha value is -2.81. The number of aromatic nitrogens is 4. The number of thiophene rings is 1. The van der Waals surface area contributed by atoms with Gasteiger partial charge in [-0.1, -0.05) is 29.8 Å². The van der Waals surface area contributed by atoms with Gasteiger partial charge in [0.2, 0.25) is 5.91 Å². The van der Waals surface area contributed by atoms with Crippen LogP contribution in [0.4, 0.5) is 5.95 Å². The van der Waals surface area contributed by atoms with Crippen molar-refractivity contribution in [2.45, 2.75) is 12.5 Å². The van der Waals surface area contributed by atoms with Gasteiger partial charge in [0.25, 0.3) is 11.7 Å². The van der Waals surface area contributed by atoms with Crippen LogP contribution in [0.2, 0.25) is 5.02 Å². The van der Waals surface area contributed by atoms with Gasteiger partial charge in [-0.15, -0.1) is 16.4 Å². The van der Waals surface area contributed by atoms with Gasteiger partial charge >= 0.3 is 0 Å². The third kappa shape index (κ3) is 3.82. The van der Waals surface area contributed by atoms with Crippen molar-refractivity contribution in [1.82, 2.24) is 19.6 Å². The second-order valence-corrected chi connectivity index (χ2v) is 7.27. The van der Waals surface area contributed by atoms with Gasteiger partial charge in [-0.05, 0) is 41.6 Å². The van der Waals surface area contributed by atoms with Crippen LogP contribution in [-0.2, 0) is 11.2 Å². The van der Waals surface area contributed by atoms with Crippen molar-refractivity contribution in [2.24, 2.45) is 5.73 Å². The number of rotatable bonds is 5. The Balaban J connectivity index is 1.52. The first kappa shape index (κ1) is 17.6. The standard InChI is InChI=1S/C18H15ClN6OS/c19-12-5-3-11(4-6-12)10-13(20)16(26)22-17-23-18-21-8-7-14(25(18)24-17)15-2-1-9-27-15/h1-9,13H,10,20H2,(H,22,24,26). The van der Waals surface area contributed by atoms with Crippen molar-refractivity contribution in [3.8, 4) is 10.6 Å². The molecule has 9 heteroatoms. The van der Waals surface area contributed by atoms with Crippen LogP contribution < -0.4 is 11.1 Å². The molecule has 1 unspecified atom stereocenters. The van der Waals surface area contributed by atoms with Gasteiger partial charge in [0.15, 0.2) is 0 Å². The Bertz CT molecular complexity index is 1080. The second kappa shape index (κ2) is 7.43. The predicted molar refractivity (Wildman–Crippen MR) is 106 cm³/mol. The average molecular weight is 399 g/mol. The highest BCUT2D eigenvalue weighted by Gasteiger charge is 2.18. The van der Waals surface area contributed by atoms with Crippen LogP contribution in [-0.4, -0.2) is 31.5 Å². The lowest BCUT2D eigenvalue weighted by Crippen LogP contribution is -2.37. The van der Waals surface area contributed by atoms with Crippen molar-refractivity contribution in [3.63, 3.8) is 0 Å². The highest BCUT2D eigenvalue weighted by Crippen LogP contribution is 2.24. The van der Waals surface area contributed by atoms with E-state index < -0.39 is 6.04 Å². The Kier molecular flexibility index (Phi) is 4.85. The molecule has 27 heavy (non-hydrogen) atoms. The molecule has 3 N–H and O–H groups in total. The SMILES string of the molecule is NC(Cc1ccc(Cl)cc1)C(=O)Nc1nc2nccc(-c3cccs3)n2n1. The van der Waals surface area contributed by atoms with Crippen molar-refractivity contribution >= 4 is 40.6 Å². The largest absolute Gasteiger partial charge is 0.320 e. The summed E-state index contributed by atoms with van der Waals surface area (Å²) in [6, 6.07) is 12.3. The van der Waals surface area contributed by atoms with E-state index in [2.05, 4.69) is 20.4 Å². The lowest BCUT2D eigenvalue weighted by atomic mass is 10.1. The molecule has 0 aliphatic heterocycles. The van der Waals surface area contributed by atoms with E-state index >= 15 is 0 Å². The number of amides is 1. The van der Waals surface area contributed by atoms with Crippen LogP contribution in [0.5, 0.6) is 0 Å². The summed E-state index contributed by atoms with van der Waals surface area (Å²) in [6.07, 6.45) is 2.05. The topological polar surface area (TPSA) is 98.2 Å². The zero-order valence-corrected chi connectivity index (χ0v) is 15.6. The average Bonchev–Trinajstić information content (AvgIpc) is 3.32. The number of fused-ring (bicyclic) bond motifs is 1. The maximum Gasteiger partial charge on any atom is 0.254 e. The summed E-state index contributed by atoms with van der Waals surface area (Å²) in [4.78, 5) is 21.9. The summed E-state index contributed by atoms with van der Waals surface area (Å²) >= 11 is 7.46. The Labute approximate surface area is 163 Å². The van der Waals surface area contributed by atoms with Crippen LogP contribution >= 0.6 is 22.9 Å². The molecule has 0 spiro atoms. The Morgan fingerprint density at radius 2 is 2.07 bits per heavy atom. The quantitative estimate of drug-likeness (QED) is 0.538. The summed E-state index contributed by atoms with van der Waals surface area (Å²) in [5.74, 6) is 0.212. The first-order chi connectivity index (χ1) is 13.1. The number of anilines is 1. The summed E-state index contributed by atoms with van der Waals surface area (Å²) < 4.78 is 1.60. The maximum absolute atomic E-state index is 12.4. The molecule has 1 atom stereocenters. The Morgan fingerprint density at radius 1 is 1.26 bits per heavy atom. The van der Waals surface area contributed by atoms with E-state index in [0.717, 1.165) is 16.1 Å². The monoisotopic (exact) mass is 398 g/mol. The number of hydrogen-bond acceptors (Lipinski definition) is 6. The van der Waals surface area contributed by atoms with Gasteiger partial charge in [0, 0.05) is 11.2 Å². The van der Waals surface area contributed by atoms with Crippen molar-refractivity contribution < 1.29 is 4.79 Å². The van der Waals surface area contributed by atoms with Gasteiger partial charge in [-0.2, -0.15) is 9.50 Å². The van der Waals surface area contributed by atoms with E-state index in [1.54, 1.807) is 34.2 Å². The van der Waals surface area contributed by atoms with Gasteiger partial charge in [-0.3, -0.25) is 10.1 Å². The van der Waals surface area contributed by atoms with Gasteiger partial charge in [0.1, 0.15) is 0 Å².